The predicted molar refractivity (Wildman–Crippen MR) is 75.1 cm³/mol. The van der Waals surface area contributed by atoms with E-state index >= 15 is 0 Å². The topological polar surface area (TPSA) is 47.4 Å². The Balaban J connectivity index is 1.69. The molecule has 2 aliphatic heterocycles. The molecule has 1 amide bonds. The normalized spacial score (nSPS) is 27.2. The summed E-state index contributed by atoms with van der Waals surface area (Å²) in [7, 11) is 0. The Kier molecular flexibility index (Phi) is 3.78. The molecule has 2 aliphatic rings. The van der Waals surface area contributed by atoms with Gasteiger partial charge in [-0.15, -0.1) is 0 Å². The number of likely N-dealkylation sites (tertiary alicyclic amines) is 1. The van der Waals surface area contributed by atoms with Crippen LogP contribution >= 0.6 is 0 Å². The van der Waals surface area contributed by atoms with E-state index in [0.717, 1.165) is 51.1 Å². The van der Waals surface area contributed by atoms with E-state index in [9.17, 15) is 4.79 Å². The van der Waals surface area contributed by atoms with Crippen molar-refractivity contribution in [1.29, 1.82) is 0 Å². The largest absolute Gasteiger partial charge is 0.375 e. The van der Waals surface area contributed by atoms with Crippen molar-refractivity contribution in [2.75, 3.05) is 13.2 Å². The van der Waals surface area contributed by atoms with Gasteiger partial charge in [-0.25, -0.2) is 4.98 Å². The first-order chi connectivity index (χ1) is 9.72. The van der Waals surface area contributed by atoms with Crippen LogP contribution in [0, 0.1) is 0 Å². The van der Waals surface area contributed by atoms with Crippen molar-refractivity contribution in [3.05, 3.63) is 18.2 Å². The van der Waals surface area contributed by atoms with Crippen LogP contribution < -0.4 is 0 Å². The fourth-order valence-electron chi connectivity index (χ4n) is 3.36. The average Bonchev–Trinajstić information content (AvgIpc) is 3.07. The lowest BCUT2D eigenvalue weighted by Crippen LogP contribution is -2.32. The number of aromatic nitrogens is 2. The van der Waals surface area contributed by atoms with E-state index in [2.05, 4.69) is 16.5 Å². The quantitative estimate of drug-likeness (QED) is 0.848. The van der Waals surface area contributed by atoms with Crippen LogP contribution in [0.5, 0.6) is 0 Å². The van der Waals surface area contributed by atoms with Crippen LogP contribution in [0.15, 0.2) is 12.5 Å². The van der Waals surface area contributed by atoms with Crippen molar-refractivity contribution >= 4 is 5.91 Å². The SMILES string of the molecule is CCn1cncc1CN1CC[C@]2(CCCO2)CCC1=O. The number of hydrogen-bond donors (Lipinski definition) is 0. The maximum atomic E-state index is 12.3. The van der Waals surface area contributed by atoms with E-state index in [1.165, 1.54) is 0 Å². The molecule has 0 N–H and O–H groups in total. The molecule has 5 heteroatoms. The minimum atomic E-state index is -0.0184. The first-order valence-electron chi connectivity index (χ1n) is 7.63. The van der Waals surface area contributed by atoms with Gasteiger partial charge in [-0.05, 0) is 32.6 Å². The van der Waals surface area contributed by atoms with Crippen molar-refractivity contribution in [1.82, 2.24) is 14.5 Å². The number of ether oxygens (including phenoxy) is 1. The van der Waals surface area contributed by atoms with Gasteiger partial charge in [-0.1, -0.05) is 0 Å². The van der Waals surface area contributed by atoms with Crippen LogP contribution in [0.25, 0.3) is 0 Å². The zero-order chi connectivity index (χ0) is 14.0. The van der Waals surface area contributed by atoms with E-state index in [4.69, 9.17) is 4.74 Å². The van der Waals surface area contributed by atoms with Crippen LogP contribution in [-0.2, 0) is 22.6 Å². The van der Waals surface area contributed by atoms with Gasteiger partial charge >= 0.3 is 0 Å². The summed E-state index contributed by atoms with van der Waals surface area (Å²) in [5.41, 5.74) is 1.10. The highest BCUT2D eigenvalue weighted by Gasteiger charge is 2.38. The van der Waals surface area contributed by atoms with E-state index in [0.29, 0.717) is 13.0 Å². The third-order valence-corrected chi connectivity index (χ3v) is 4.66. The van der Waals surface area contributed by atoms with Crippen molar-refractivity contribution in [3.8, 4) is 0 Å². The highest BCUT2D eigenvalue weighted by molar-refractivity contribution is 5.76. The standard InChI is InChI=1S/C15H23N3O2/c1-2-17-12-16-10-13(17)11-18-8-7-15(5-3-9-20-15)6-4-14(18)19/h10,12H,2-9,11H2,1H3/t15-/m0/s1. The second kappa shape index (κ2) is 5.56. The van der Waals surface area contributed by atoms with Crippen molar-refractivity contribution in [2.45, 2.75) is 57.7 Å². The minimum Gasteiger partial charge on any atom is -0.375 e. The molecule has 110 valence electrons. The fourth-order valence-corrected chi connectivity index (χ4v) is 3.36. The van der Waals surface area contributed by atoms with Crippen LogP contribution in [0.1, 0.15) is 44.7 Å². The molecular formula is C15H23N3O2. The second-order valence-corrected chi connectivity index (χ2v) is 5.87. The lowest BCUT2D eigenvalue weighted by Gasteiger charge is -2.26. The smallest absolute Gasteiger partial charge is 0.223 e. The Bertz CT molecular complexity index is 477. The second-order valence-electron chi connectivity index (χ2n) is 5.87. The van der Waals surface area contributed by atoms with E-state index in [1.807, 2.05) is 17.4 Å². The molecule has 0 aromatic carbocycles. The first-order valence-corrected chi connectivity index (χ1v) is 7.63. The van der Waals surface area contributed by atoms with Gasteiger partial charge in [0.25, 0.3) is 0 Å². The number of carbonyl (C=O) groups excluding carboxylic acids is 1. The fraction of sp³-hybridized carbons (Fsp3) is 0.733. The van der Waals surface area contributed by atoms with Gasteiger partial charge in [0.05, 0.1) is 24.2 Å². The van der Waals surface area contributed by atoms with Crippen LogP contribution in [0.4, 0.5) is 0 Å². The number of aryl methyl sites for hydroxylation is 1. The van der Waals surface area contributed by atoms with Gasteiger partial charge in [0.2, 0.25) is 5.91 Å². The molecule has 0 unspecified atom stereocenters. The maximum Gasteiger partial charge on any atom is 0.223 e. The van der Waals surface area contributed by atoms with Gasteiger partial charge in [0.1, 0.15) is 0 Å². The zero-order valence-corrected chi connectivity index (χ0v) is 12.2. The molecule has 0 aliphatic carbocycles. The Morgan fingerprint density at radius 1 is 1.40 bits per heavy atom. The summed E-state index contributed by atoms with van der Waals surface area (Å²) < 4.78 is 8.04. The van der Waals surface area contributed by atoms with Crippen molar-refractivity contribution < 1.29 is 9.53 Å². The Morgan fingerprint density at radius 3 is 3.05 bits per heavy atom. The Hall–Kier alpha value is -1.36. The third kappa shape index (κ3) is 2.59. The number of hydrogen-bond acceptors (Lipinski definition) is 3. The zero-order valence-electron chi connectivity index (χ0n) is 12.2. The molecule has 2 saturated heterocycles. The highest BCUT2D eigenvalue weighted by Crippen LogP contribution is 2.36. The third-order valence-electron chi connectivity index (χ3n) is 4.66. The molecule has 5 nitrogen and oxygen atoms in total. The van der Waals surface area contributed by atoms with E-state index in [1.54, 1.807) is 0 Å². The van der Waals surface area contributed by atoms with Crippen molar-refractivity contribution in [3.63, 3.8) is 0 Å². The molecule has 1 aromatic heterocycles. The predicted octanol–water partition coefficient (Wildman–Crippen LogP) is 1.96. The van der Waals surface area contributed by atoms with Gasteiger partial charge in [0, 0.05) is 32.3 Å². The van der Waals surface area contributed by atoms with Crippen LogP contribution in [0.2, 0.25) is 0 Å². The van der Waals surface area contributed by atoms with Gasteiger partial charge in [-0.2, -0.15) is 0 Å². The van der Waals surface area contributed by atoms with Gasteiger partial charge in [0.15, 0.2) is 0 Å². The lowest BCUT2D eigenvalue weighted by molar-refractivity contribution is -0.131. The van der Waals surface area contributed by atoms with Gasteiger partial charge < -0.3 is 14.2 Å². The summed E-state index contributed by atoms with van der Waals surface area (Å²) in [4.78, 5) is 18.5. The number of carbonyl (C=O) groups is 1. The van der Waals surface area contributed by atoms with Gasteiger partial charge in [-0.3, -0.25) is 4.79 Å². The van der Waals surface area contributed by atoms with E-state index in [-0.39, 0.29) is 11.5 Å². The molecule has 1 spiro atoms. The summed E-state index contributed by atoms with van der Waals surface area (Å²) in [6.45, 7) is 5.31. The number of imidazole rings is 1. The molecule has 2 fully saturated rings. The monoisotopic (exact) mass is 277 g/mol. The summed E-state index contributed by atoms with van der Waals surface area (Å²) >= 11 is 0. The van der Waals surface area contributed by atoms with E-state index < -0.39 is 0 Å². The summed E-state index contributed by atoms with van der Waals surface area (Å²) in [5.74, 6) is 0.251. The molecule has 0 saturated carbocycles. The highest BCUT2D eigenvalue weighted by atomic mass is 16.5. The molecule has 3 heterocycles. The Morgan fingerprint density at radius 2 is 2.30 bits per heavy atom. The molecule has 20 heavy (non-hydrogen) atoms. The maximum absolute atomic E-state index is 12.3. The van der Waals surface area contributed by atoms with Crippen molar-refractivity contribution in [2.24, 2.45) is 0 Å². The minimum absolute atomic E-state index is 0.0184. The average molecular weight is 277 g/mol. The molecule has 0 bridgehead atoms. The summed E-state index contributed by atoms with van der Waals surface area (Å²) in [6.07, 6.45) is 8.41. The first kappa shape index (κ1) is 13.6. The number of nitrogens with zero attached hydrogens (tertiary/aromatic N) is 3. The lowest BCUT2D eigenvalue weighted by atomic mass is 9.92. The summed E-state index contributed by atoms with van der Waals surface area (Å²) in [5, 5.41) is 0. The number of amides is 1. The Labute approximate surface area is 119 Å². The van der Waals surface area contributed by atoms with Crippen LogP contribution in [0.3, 0.4) is 0 Å². The number of rotatable bonds is 3. The van der Waals surface area contributed by atoms with Crippen LogP contribution in [-0.4, -0.2) is 39.1 Å². The molecule has 0 radical (unpaired) electrons. The molecule has 1 atom stereocenters. The molecule has 3 rings (SSSR count). The molecule has 1 aromatic rings. The molecular weight excluding hydrogens is 254 g/mol. The summed E-state index contributed by atoms with van der Waals surface area (Å²) in [6, 6.07) is 0.